The molecule has 0 bridgehead atoms. The largest absolute Gasteiger partial charge is 0.378 e. The summed E-state index contributed by atoms with van der Waals surface area (Å²) in [6.07, 6.45) is 0. The maximum Gasteiger partial charge on any atom is 0.237 e. The lowest BCUT2D eigenvalue weighted by atomic mass is 10.2. The van der Waals surface area contributed by atoms with Crippen molar-refractivity contribution in [3.63, 3.8) is 0 Å². The maximum atomic E-state index is 12.5. The molecule has 0 spiro atoms. The maximum absolute atomic E-state index is 12.5. The zero-order chi connectivity index (χ0) is 18.7. The Morgan fingerprint density at radius 3 is 2.27 bits per heavy atom. The van der Waals surface area contributed by atoms with E-state index in [2.05, 4.69) is 15.3 Å². The van der Waals surface area contributed by atoms with Crippen LogP contribution in [0, 0.1) is 6.92 Å². The summed E-state index contributed by atoms with van der Waals surface area (Å²) in [5.74, 6) is -0.0537. The standard InChI is InChI=1S/C20H22N4OS/c1-13-20(23-18-8-6-5-7-17(18)21-13)26-14(2)19(25)22-15-9-11-16(12-10-15)24(3)4/h5-12,14H,1-4H3,(H,22,25). The molecule has 2 aromatic carbocycles. The predicted octanol–water partition coefficient (Wildman–Crippen LogP) is 4.12. The summed E-state index contributed by atoms with van der Waals surface area (Å²) in [5.41, 5.74) is 4.42. The van der Waals surface area contributed by atoms with Gasteiger partial charge in [-0.05, 0) is 50.2 Å². The van der Waals surface area contributed by atoms with Crippen molar-refractivity contribution in [2.45, 2.75) is 24.1 Å². The minimum atomic E-state index is -0.280. The number of rotatable bonds is 5. The minimum absolute atomic E-state index is 0.0537. The molecule has 0 radical (unpaired) electrons. The van der Waals surface area contributed by atoms with Crippen molar-refractivity contribution in [3.8, 4) is 0 Å². The highest BCUT2D eigenvalue weighted by Gasteiger charge is 2.17. The highest BCUT2D eigenvalue weighted by Crippen LogP contribution is 2.26. The highest BCUT2D eigenvalue weighted by atomic mass is 32.2. The average Bonchev–Trinajstić information content (AvgIpc) is 2.62. The Balaban J connectivity index is 1.70. The number of amides is 1. The molecule has 5 nitrogen and oxygen atoms in total. The third-order valence-corrected chi connectivity index (χ3v) is 5.19. The van der Waals surface area contributed by atoms with E-state index in [0.717, 1.165) is 33.1 Å². The number of hydrogen-bond donors (Lipinski definition) is 1. The molecule has 1 unspecified atom stereocenters. The summed E-state index contributed by atoms with van der Waals surface area (Å²) >= 11 is 1.43. The van der Waals surface area contributed by atoms with Crippen LogP contribution < -0.4 is 10.2 Å². The number of aromatic nitrogens is 2. The molecule has 26 heavy (non-hydrogen) atoms. The molecule has 3 rings (SSSR count). The molecule has 1 N–H and O–H groups in total. The van der Waals surface area contributed by atoms with Crippen LogP contribution in [0.1, 0.15) is 12.6 Å². The van der Waals surface area contributed by atoms with E-state index in [4.69, 9.17) is 0 Å². The second-order valence-electron chi connectivity index (χ2n) is 6.29. The quantitative estimate of drug-likeness (QED) is 0.688. The Morgan fingerprint density at radius 2 is 1.65 bits per heavy atom. The molecule has 1 atom stereocenters. The fourth-order valence-corrected chi connectivity index (χ4v) is 3.36. The molecule has 0 aliphatic heterocycles. The van der Waals surface area contributed by atoms with Crippen molar-refractivity contribution in [1.82, 2.24) is 9.97 Å². The van der Waals surface area contributed by atoms with Crippen LogP contribution in [-0.2, 0) is 4.79 Å². The second-order valence-corrected chi connectivity index (χ2v) is 7.62. The van der Waals surface area contributed by atoms with Gasteiger partial charge in [0, 0.05) is 25.5 Å². The van der Waals surface area contributed by atoms with Gasteiger partial charge in [-0.2, -0.15) is 0 Å². The lowest BCUT2D eigenvalue weighted by Crippen LogP contribution is -2.22. The Morgan fingerprint density at radius 1 is 1.04 bits per heavy atom. The van der Waals surface area contributed by atoms with Crippen LogP contribution in [0.4, 0.5) is 11.4 Å². The Labute approximate surface area is 157 Å². The monoisotopic (exact) mass is 366 g/mol. The minimum Gasteiger partial charge on any atom is -0.378 e. The average molecular weight is 366 g/mol. The van der Waals surface area contributed by atoms with Gasteiger partial charge in [-0.25, -0.2) is 9.97 Å². The van der Waals surface area contributed by atoms with Crippen LogP contribution in [0.2, 0.25) is 0 Å². The van der Waals surface area contributed by atoms with Gasteiger partial charge in [0.1, 0.15) is 5.03 Å². The molecule has 0 aliphatic carbocycles. The molecule has 1 heterocycles. The van der Waals surface area contributed by atoms with Gasteiger partial charge in [0.15, 0.2) is 0 Å². The van der Waals surface area contributed by atoms with Crippen molar-refractivity contribution in [2.75, 3.05) is 24.3 Å². The van der Waals surface area contributed by atoms with Gasteiger partial charge in [0.05, 0.1) is 22.0 Å². The van der Waals surface area contributed by atoms with Crippen LogP contribution in [0.3, 0.4) is 0 Å². The first-order chi connectivity index (χ1) is 12.4. The topological polar surface area (TPSA) is 58.1 Å². The SMILES string of the molecule is Cc1nc2ccccc2nc1SC(C)C(=O)Nc1ccc(N(C)C)cc1. The number of aryl methyl sites for hydroxylation is 1. The Hall–Kier alpha value is -2.60. The number of carbonyl (C=O) groups is 1. The molecule has 1 amide bonds. The number of hydrogen-bond acceptors (Lipinski definition) is 5. The number of benzene rings is 2. The van der Waals surface area contributed by atoms with E-state index in [1.807, 2.05) is 81.4 Å². The lowest BCUT2D eigenvalue weighted by molar-refractivity contribution is -0.115. The number of nitrogens with zero attached hydrogens (tertiary/aromatic N) is 3. The zero-order valence-corrected chi connectivity index (χ0v) is 16.2. The van der Waals surface area contributed by atoms with Crippen LogP contribution in [0.15, 0.2) is 53.6 Å². The first-order valence-corrected chi connectivity index (χ1v) is 9.30. The molecule has 0 saturated carbocycles. The van der Waals surface area contributed by atoms with Crippen LogP contribution in [0.25, 0.3) is 11.0 Å². The van der Waals surface area contributed by atoms with E-state index in [1.165, 1.54) is 11.8 Å². The van der Waals surface area contributed by atoms with Crippen LogP contribution in [0.5, 0.6) is 0 Å². The van der Waals surface area contributed by atoms with Gasteiger partial charge in [-0.1, -0.05) is 23.9 Å². The fourth-order valence-electron chi connectivity index (χ4n) is 2.49. The molecular weight excluding hydrogens is 344 g/mol. The molecule has 134 valence electrons. The van der Waals surface area contributed by atoms with Crippen molar-refractivity contribution in [2.24, 2.45) is 0 Å². The fraction of sp³-hybridized carbons (Fsp3) is 0.250. The Bertz CT molecular complexity index is 925. The summed E-state index contributed by atoms with van der Waals surface area (Å²) in [7, 11) is 3.97. The van der Waals surface area contributed by atoms with Crippen molar-refractivity contribution in [3.05, 3.63) is 54.2 Å². The van der Waals surface area contributed by atoms with E-state index < -0.39 is 0 Å². The summed E-state index contributed by atoms with van der Waals surface area (Å²) in [6, 6.07) is 15.5. The number of fused-ring (bicyclic) bond motifs is 1. The zero-order valence-electron chi connectivity index (χ0n) is 15.4. The number of carbonyl (C=O) groups excluding carboxylic acids is 1. The van der Waals surface area contributed by atoms with E-state index in [0.29, 0.717) is 0 Å². The van der Waals surface area contributed by atoms with Crippen molar-refractivity contribution >= 4 is 40.1 Å². The van der Waals surface area contributed by atoms with E-state index in [1.54, 1.807) is 0 Å². The van der Waals surface area contributed by atoms with Gasteiger partial charge in [0.2, 0.25) is 5.91 Å². The highest BCUT2D eigenvalue weighted by molar-refractivity contribution is 8.00. The molecule has 6 heteroatoms. The Kier molecular flexibility index (Phi) is 5.42. The summed E-state index contributed by atoms with van der Waals surface area (Å²) < 4.78 is 0. The molecule has 3 aromatic rings. The van der Waals surface area contributed by atoms with Crippen LogP contribution in [-0.4, -0.2) is 35.2 Å². The van der Waals surface area contributed by atoms with Gasteiger partial charge in [-0.15, -0.1) is 0 Å². The van der Waals surface area contributed by atoms with E-state index in [9.17, 15) is 4.79 Å². The number of nitrogens with one attached hydrogen (secondary N) is 1. The molecular formula is C20H22N4OS. The molecule has 0 saturated heterocycles. The lowest BCUT2D eigenvalue weighted by Gasteiger charge is -2.15. The third-order valence-electron chi connectivity index (χ3n) is 4.01. The first kappa shape index (κ1) is 18.2. The number of thioether (sulfide) groups is 1. The summed E-state index contributed by atoms with van der Waals surface area (Å²) in [5, 5.41) is 3.46. The number of anilines is 2. The van der Waals surface area contributed by atoms with Crippen molar-refractivity contribution in [1.29, 1.82) is 0 Å². The molecule has 0 aliphatic rings. The van der Waals surface area contributed by atoms with Gasteiger partial charge < -0.3 is 10.2 Å². The smallest absolute Gasteiger partial charge is 0.237 e. The summed E-state index contributed by atoms with van der Waals surface area (Å²) in [4.78, 5) is 23.8. The predicted molar refractivity (Wildman–Crippen MR) is 109 cm³/mol. The van der Waals surface area contributed by atoms with Crippen LogP contribution >= 0.6 is 11.8 Å². The van der Waals surface area contributed by atoms with Gasteiger partial charge in [-0.3, -0.25) is 4.79 Å². The normalized spacial score (nSPS) is 12.0. The van der Waals surface area contributed by atoms with Gasteiger partial charge in [0.25, 0.3) is 0 Å². The van der Waals surface area contributed by atoms with E-state index in [-0.39, 0.29) is 11.2 Å². The first-order valence-electron chi connectivity index (χ1n) is 8.42. The number of para-hydroxylation sites is 2. The molecule has 1 aromatic heterocycles. The third kappa shape index (κ3) is 4.14. The summed E-state index contributed by atoms with van der Waals surface area (Å²) in [6.45, 7) is 3.80. The van der Waals surface area contributed by atoms with E-state index >= 15 is 0 Å². The van der Waals surface area contributed by atoms with Gasteiger partial charge >= 0.3 is 0 Å². The second kappa shape index (κ2) is 7.74. The van der Waals surface area contributed by atoms with Crippen molar-refractivity contribution < 1.29 is 4.79 Å². The molecule has 0 fully saturated rings.